The number of nitrogens with zero attached hydrogens (tertiary/aromatic N) is 2. The van der Waals surface area contributed by atoms with E-state index in [1.807, 2.05) is 37.3 Å². The van der Waals surface area contributed by atoms with E-state index in [2.05, 4.69) is 0 Å². The summed E-state index contributed by atoms with van der Waals surface area (Å²) in [5.41, 5.74) is 0.832. The summed E-state index contributed by atoms with van der Waals surface area (Å²) in [4.78, 5) is 11.1. The SMILES string of the molecule is CCCN(Cc1ccccc1)S(=O)(=O)c1cc(C(=O)O)n(C)c1. The van der Waals surface area contributed by atoms with Crippen LogP contribution in [0.1, 0.15) is 29.4 Å². The van der Waals surface area contributed by atoms with E-state index < -0.39 is 16.0 Å². The lowest BCUT2D eigenvalue weighted by Gasteiger charge is -2.21. The Kier molecular flexibility index (Phi) is 5.23. The second-order valence-electron chi connectivity index (χ2n) is 5.30. The van der Waals surface area contributed by atoms with Gasteiger partial charge in [-0.1, -0.05) is 37.3 Å². The normalized spacial score (nSPS) is 11.8. The molecule has 1 heterocycles. The average molecular weight is 336 g/mol. The minimum Gasteiger partial charge on any atom is -0.477 e. The molecule has 1 aromatic carbocycles. The number of aromatic nitrogens is 1. The molecule has 0 radical (unpaired) electrons. The molecular weight excluding hydrogens is 316 g/mol. The first-order chi connectivity index (χ1) is 10.9. The Hall–Kier alpha value is -2.12. The fourth-order valence-electron chi connectivity index (χ4n) is 2.36. The number of carbonyl (C=O) groups is 1. The number of hydrogen-bond donors (Lipinski definition) is 1. The molecule has 1 N–H and O–H groups in total. The van der Waals surface area contributed by atoms with Crippen molar-refractivity contribution in [3.63, 3.8) is 0 Å². The summed E-state index contributed by atoms with van der Waals surface area (Å²) in [5.74, 6) is -1.15. The van der Waals surface area contributed by atoms with Gasteiger partial charge in [0.2, 0.25) is 10.0 Å². The molecule has 0 spiro atoms. The minimum atomic E-state index is -3.75. The predicted molar refractivity (Wildman–Crippen MR) is 86.7 cm³/mol. The quantitative estimate of drug-likeness (QED) is 0.841. The smallest absolute Gasteiger partial charge is 0.352 e. The van der Waals surface area contributed by atoms with E-state index in [9.17, 15) is 13.2 Å². The van der Waals surface area contributed by atoms with Crippen LogP contribution in [0.3, 0.4) is 0 Å². The molecule has 0 unspecified atom stereocenters. The Labute approximate surface area is 136 Å². The van der Waals surface area contributed by atoms with E-state index in [0.717, 1.165) is 5.56 Å². The average Bonchev–Trinajstić information content (AvgIpc) is 2.91. The number of aryl methyl sites for hydroxylation is 1. The lowest BCUT2D eigenvalue weighted by Crippen LogP contribution is -2.31. The summed E-state index contributed by atoms with van der Waals surface area (Å²) in [7, 11) is -2.23. The van der Waals surface area contributed by atoms with Crippen LogP contribution >= 0.6 is 0 Å². The maximum atomic E-state index is 12.8. The molecule has 2 rings (SSSR count). The number of sulfonamides is 1. The number of carboxylic acid groups (broad SMARTS) is 1. The van der Waals surface area contributed by atoms with E-state index >= 15 is 0 Å². The summed E-state index contributed by atoms with van der Waals surface area (Å²) in [6, 6.07) is 10.5. The highest BCUT2D eigenvalue weighted by Crippen LogP contribution is 2.21. The molecule has 1 aromatic heterocycles. The second kappa shape index (κ2) is 6.97. The summed E-state index contributed by atoms with van der Waals surface area (Å²) in [6.45, 7) is 2.53. The van der Waals surface area contributed by atoms with E-state index in [1.165, 1.54) is 28.2 Å². The maximum absolute atomic E-state index is 12.8. The monoisotopic (exact) mass is 336 g/mol. The fourth-order valence-corrected chi connectivity index (χ4v) is 3.95. The molecule has 0 atom stereocenters. The molecule has 23 heavy (non-hydrogen) atoms. The largest absolute Gasteiger partial charge is 0.477 e. The standard InChI is InChI=1S/C16H20N2O4S/c1-3-9-18(11-13-7-5-4-6-8-13)23(21,22)14-10-15(16(19)20)17(2)12-14/h4-8,10,12H,3,9,11H2,1-2H3,(H,19,20). The molecule has 6 nitrogen and oxygen atoms in total. The van der Waals surface area contributed by atoms with Crippen molar-refractivity contribution in [3.05, 3.63) is 53.9 Å². The lowest BCUT2D eigenvalue weighted by atomic mass is 10.2. The number of hydrogen-bond acceptors (Lipinski definition) is 3. The van der Waals surface area contributed by atoms with Gasteiger partial charge in [0, 0.05) is 26.3 Å². The van der Waals surface area contributed by atoms with Gasteiger partial charge < -0.3 is 9.67 Å². The van der Waals surface area contributed by atoms with Crippen LogP contribution < -0.4 is 0 Å². The molecule has 0 fully saturated rings. The van der Waals surface area contributed by atoms with Crippen molar-refractivity contribution >= 4 is 16.0 Å². The number of benzene rings is 1. The van der Waals surface area contributed by atoms with Crippen LogP contribution in [-0.4, -0.2) is 34.9 Å². The van der Waals surface area contributed by atoms with Gasteiger partial charge in [0.1, 0.15) is 10.6 Å². The van der Waals surface area contributed by atoms with E-state index in [0.29, 0.717) is 13.0 Å². The first kappa shape index (κ1) is 17.2. The summed E-state index contributed by atoms with van der Waals surface area (Å²) in [5, 5.41) is 9.09. The highest BCUT2D eigenvalue weighted by Gasteiger charge is 2.27. The van der Waals surface area contributed by atoms with Gasteiger partial charge in [0.05, 0.1) is 0 Å². The third kappa shape index (κ3) is 3.80. The summed E-state index contributed by atoms with van der Waals surface area (Å²) in [6.07, 6.45) is 2.01. The molecule has 2 aromatic rings. The maximum Gasteiger partial charge on any atom is 0.352 e. The number of aromatic carboxylic acids is 1. The van der Waals surface area contributed by atoms with Crippen LogP contribution in [-0.2, 0) is 23.6 Å². The molecule has 0 amide bonds. The number of rotatable bonds is 7. The third-order valence-electron chi connectivity index (χ3n) is 3.51. The van der Waals surface area contributed by atoms with Gasteiger partial charge in [-0.2, -0.15) is 4.31 Å². The lowest BCUT2D eigenvalue weighted by molar-refractivity contribution is 0.0686. The van der Waals surface area contributed by atoms with Crippen LogP contribution in [0.15, 0.2) is 47.5 Å². The van der Waals surface area contributed by atoms with E-state index in [-0.39, 0.29) is 17.1 Å². The topological polar surface area (TPSA) is 79.6 Å². The van der Waals surface area contributed by atoms with Gasteiger partial charge in [-0.25, -0.2) is 13.2 Å². The zero-order valence-corrected chi connectivity index (χ0v) is 14.0. The van der Waals surface area contributed by atoms with Crippen LogP contribution in [0.25, 0.3) is 0 Å². The van der Waals surface area contributed by atoms with Gasteiger partial charge in [0.15, 0.2) is 0 Å². The number of carboxylic acids is 1. The van der Waals surface area contributed by atoms with Crippen LogP contribution in [0.5, 0.6) is 0 Å². The van der Waals surface area contributed by atoms with Crippen molar-refractivity contribution in [3.8, 4) is 0 Å². The Balaban J connectivity index is 2.37. The molecule has 0 saturated heterocycles. The van der Waals surface area contributed by atoms with E-state index in [1.54, 1.807) is 0 Å². The Bertz CT molecular complexity index is 782. The Morgan fingerprint density at radius 3 is 2.43 bits per heavy atom. The van der Waals surface area contributed by atoms with E-state index in [4.69, 9.17) is 5.11 Å². The fraction of sp³-hybridized carbons (Fsp3) is 0.312. The van der Waals surface area contributed by atoms with Crippen molar-refractivity contribution in [2.75, 3.05) is 6.54 Å². The summed E-state index contributed by atoms with van der Waals surface area (Å²) >= 11 is 0. The zero-order chi connectivity index (χ0) is 17.0. The third-order valence-corrected chi connectivity index (χ3v) is 5.32. The molecule has 0 saturated carbocycles. The van der Waals surface area contributed by atoms with Crippen molar-refractivity contribution < 1.29 is 18.3 Å². The van der Waals surface area contributed by atoms with Gasteiger partial charge in [-0.3, -0.25) is 0 Å². The minimum absolute atomic E-state index is 0.00165. The molecule has 0 aliphatic carbocycles. The van der Waals surface area contributed by atoms with Gasteiger partial charge in [-0.05, 0) is 18.1 Å². The molecule has 7 heteroatoms. The second-order valence-corrected chi connectivity index (χ2v) is 7.24. The summed E-state index contributed by atoms with van der Waals surface area (Å²) < 4.78 is 28.4. The van der Waals surface area contributed by atoms with Crippen molar-refractivity contribution in [1.29, 1.82) is 0 Å². The first-order valence-electron chi connectivity index (χ1n) is 7.30. The van der Waals surface area contributed by atoms with Crippen molar-refractivity contribution in [2.45, 2.75) is 24.8 Å². The van der Waals surface area contributed by atoms with Crippen molar-refractivity contribution in [2.24, 2.45) is 7.05 Å². The molecule has 0 bridgehead atoms. The van der Waals surface area contributed by atoms with Gasteiger partial charge in [-0.15, -0.1) is 0 Å². The molecule has 124 valence electrons. The van der Waals surface area contributed by atoms with Crippen molar-refractivity contribution in [1.82, 2.24) is 8.87 Å². The predicted octanol–water partition coefficient (Wildman–Crippen LogP) is 2.32. The zero-order valence-electron chi connectivity index (χ0n) is 13.1. The Morgan fingerprint density at radius 1 is 1.26 bits per heavy atom. The van der Waals surface area contributed by atoms with Gasteiger partial charge >= 0.3 is 5.97 Å². The van der Waals surface area contributed by atoms with Crippen LogP contribution in [0.2, 0.25) is 0 Å². The molecular formula is C16H20N2O4S. The highest BCUT2D eigenvalue weighted by atomic mass is 32.2. The van der Waals surface area contributed by atoms with Crippen LogP contribution in [0.4, 0.5) is 0 Å². The molecule has 0 aliphatic rings. The van der Waals surface area contributed by atoms with Gasteiger partial charge in [0.25, 0.3) is 0 Å². The highest BCUT2D eigenvalue weighted by molar-refractivity contribution is 7.89. The molecule has 0 aliphatic heterocycles. The first-order valence-corrected chi connectivity index (χ1v) is 8.74. The van der Waals surface area contributed by atoms with Crippen LogP contribution in [0, 0.1) is 0 Å². The Morgan fingerprint density at radius 2 is 1.91 bits per heavy atom.